The third-order valence-electron chi connectivity index (χ3n) is 0. The minimum absolute atomic E-state index is 0. The van der Waals surface area contributed by atoms with Gasteiger partial charge in [-0.25, -0.2) is 0 Å². The molecule has 0 saturated heterocycles. The van der Waals surface area contributed by atoms with E-state index in [9.17, 15) is 0 Å². The average Bonchev–Trinajstić information content (AvgIpc) is 1.62. The van der Waals surface area contributed by atoms with E-state index in [0.717, 1.165) is 0 Å². The predicted molar refractivity (Wildman–Crippen MR) is 30.4 cm³/mol. The zero-order chi connectivity index (χ0) is 18.0. The van der Waals surface area contributed by atoms with Crippen molar-refractivity contribution in [1.82, 2.24) is 0 Å². The van der Waals surface area contributed by atoms with Crippen LogP contribution < -0.4 is 58.7 Å². The van der Waals surface area contributed by atoms with Gasteiger partial charge < -0.3 is 77.0 Å². The molecule has 26 heavy (non-hydrogen) atoms. The summed E-state index contributed by atoms with van der Waals surface area (Å²) in [4.78, 5) is 103. The second-order valence-electron chi connectivity index (χ2n) is 1.79. The van der Waals surface area contributed by atoms with E-state index in [4.69, 9.17) is 77.0 Å². The van der Waals surface area contributed by atoms with Crippen LogP contribution >= 0.6 is 31.3 Å². The molecule has 0 rings (SSSR count). The van der Waals surface area contributed by atoms with Gasteiger partial charge in [-0.05, 0) is 0 Å². The molecule has 16 nitrogen and oxygen atoms in total. The summed E-state index contributed by atoms with van der Waals surface area (Å²) in [5, 5.41) is 0. The van der Waals surface area contributed by atoms with Gasteiger partial charge in [0.25, 0.3) is 0 Å². The Balaban J connectivity index is -0.0000000152. The Bertz CT molecular complexity index is 305. The molecule has 0 fully saturated rings. The number of hydrogen-bond donors (Lipinski definition) is 0. The molecule has 0 heterocycles. The average molecular weight is 977 g/mol. The van der Waals surface area contributed by atoms with Gasteiger partial charge in [-0.15, -0.1) is 0 Å². The summed E-state index contributed by atoms with van der Waals surface area (Å²) in [7, 11) is -21.6. The monoisotopic (exact) mass is 970 g/mol. The predicted octanol–water partition coefficient (Wildman–Crippen LogP) is -11.3. The summed E-state index contributed by atoms with van der Waals surface area (Å²) in [5.41, 5.74) is 0. The zero-order valence-corrected chi connectivity index (χ0v) is 26.1. The molecule has 0 aliphatic heterocycles. The van der Waals surface area contributed by atoms with E-state index in [1.54, 1.807) is 0 Å². The molecule has 0 bridgehead atoms. The summed E-state index contributed by atoms with van der Waals surface area (Å²) in [5.74, 6) is 0. The Morgan fingerprint density at radius 2 is 0.308 bits per heavy atom. The molecule has 0 saturated carbocycles. The molecule has 0 aliphatic carbocycles. The SMILES string of the molecule is O=P([O-])([O-])[O-].O=P([O-])([O-])[O-].O=P([O-])([O-])[O-].O=P([O-])([O-])[O-].[Ag].[Ag].[Ag].[Zr+4].[Zr+4].[Zr+4]. The number of phosphoric acid groups is 4. The molecular formula is Ag3O16P4Zr3. The maximum atomic E-state index is 8.55. The van der Waals surface area contributed by atoms with Crippen molar-refractivity contribution in [3.05, 3.63) is 0 Å². The first-order chi connectivity index (χ1) is 8.00. The van der Waals surface area contributed by atoms with E-state index in [1.807, 2.05) is 0 Å². The van der Waals surface area contributed by atoms with Crippen molar-refractivity contribution < 1.29 is 223 Å². The molecular weight excluding hydrogens is 977 g/mol. The normalized spacial score (nSPS) is 9.08. The summed E-state index contributed by atoms with van der Waals surface area (Å²) in [6.07, 6.45) is 0. The first kappa shape index (κ1) is 63.3. The van der Waals surface area contributed by atoms with Gasteiger partial charge in [-0.1, -0.05) is 0 Å². The Morgan fingerprint density at radius 1 is 0.308 bits per heavy atom. The maximum absolute atomic E-state index is 8.55. The van der Waals surface area contributed by atoms with Crippen LogP contribution in [0.15, 0.2) is 0 Å². The van der Waals surface area contributed by atoms with Crippen molar-refractivity contribution in [2.45, 2.75) is 0 Å². The second-order valence-corrected chi connectivity index (χ2v) is 5.37. The van der Waals surface area contributed by atoms with E-state index in [0.29, 0.717) is 0 Å². The second kappa shape index (κ2) is 30.3. The topological polar surface area (TPSA) is 345 Å². The van der Waals surface area contributed by atoms with E-state index >= 15 is 0 Å². The van der Waals surface area contributed by atoms with E-state index < -0.39 is 31.3 Å². The van der Waals surface area contributed by atoms with Gasteiger partial charge in [-0.2, -0.15) is 31.3 Å². The van der Waals surface area contributed by atoms with Crippen LogP contribution in [-0.4, -0.2) is 0 Å². The molecule has 3 radical (unpaired) electrons. The largest absolute Gasteiger partial charge is 4.00 e. The summed E-state index contributed by atoms with van der Waals surface area (Å²) in [6, 6.07) is 0. The Morgan fingerprint density at radius 3 is 0.308 bits per heavy atom. The fourth-order valence-corrected chi connectivity index (χ4v) is 0. The minimum atomic E-state index is -5.39. The van der Waals surface area contributed by atoms with Crippen LogP contribution in [0.4, 0.5) is 0 Å². The van der Waals surface area contributed by atoms with E-state index in [1.165, 1.54) is 0 Å². The molecule has 161 valence electrons. The smallest absolute Gasteiger partial charge is 0.822 e. The Kier molecular flexibility index (Phi) is 73.8. The van der Waals surface area contributed by atoms with Crippen LogP contribution in [-0.2, 0) is 164 Å². The van der Waals surface area contributed by atoms with Gasteiger partial charge >= 0.3 is 78.6 Å². The summed E-state index contributed by atoms with van der Waals surface area (Å²) >= 11 is 0. The molecule has 0 aliphatic rings. The van der Waals surface area contributed by atoms with Crippen LogP contribution in [0.1, 0.15) is 0 Å². The van der Waals surface area contributed by atoms with Gasteiger partial charge in [-0.3, -0.25) is 0 Å². The summed E-state index contributed by atoms with van der Waals surface area (Å²) in [6.45, 7) is 0. The molecule has 0 spiro atoms. The third kappa shape index (κ3) is 833. The fraction of sp³-hybridized carbons (Fsp3) is 0. The summed E-state index contributed by atoms with van der Waals surface area (Å²) < 4.78 is 34.2. The number of hydrogen-bond acceptors (Lipinski definition) is 16. The van der Waals surface area contributed by atoms with Crippen molar-refractivity contribution in [2.24, 2.45) is 0 Å². The first-order valence-electron chi connectivity index (χ1n) is 2.92. The van der Waals surface area contributed by atoms with Crippen molar-refractivity contribution in [1.29, 1.82) is 0 Å². The van der Waals surface area contributed by atoms with Gasteiger partial charge in [0.1, 0.15) is 0 Å². The van der Waals surface area contributed by atoms with Gasteiger partial charge in [0.2, 0.25) is 0 Å². The van der Waals surface area contributed by atoms with Crippen molar-refractivity contribution in [3.63, 3.8) is 0 Å². The van der Waals surface area contributed by atoms with Crippen LogP contribution in [0.3, 0.4) is 0 Å². The standard InChI is InChI=1S/3Ag.4H3O4P.3Zr/c;;;4*1-5(2,3)4;;;/h;;;4*(H3,1,2,3,4);;;/q;;;;;;;3*+4/p-12. The fourth-order valence-electron chi connectivity index (χ4n) is 0. The Hall–Kier alpha value is 5.31. The zero-order valence-electron chi connectivity index (χ0n) is 10.7. The third-order valence-corrected chi connectivity index (χ3v) is 0. The molecule has 0 amide bonds. The van der Waals surface area contributed by atoms with Gasteiger partial charge in [0.15, 0.2) is 0 Å². The molecule has 0 unspecified atom stereocenters. The van der Waals surface area contributed by atoms with Crippen LogP contribution in [0.2, 0.25) is 0 Å². The van der Waals surface area contributed by atoms with Gasteiger partial charge in [0.05, 0.1) is 0 Å². The van der Waals surface area contributed by atoms with Crippen molar-refractivity contribution in [3.8, 4) is 0 Å². The molecule has 26 heteroatoms. The van der Waals surface area contributed by atoms with Crippen molar-refractivity contribution in [2.75, 3.05) is 0 Å². The molecule has 0 aromatic heterocycles. The van der Waals surface area contributed by atoms with Gasteiger partial charge in [0, 0.05) is 67.1 Å². The quantitative estimate of drug-likeness (QED) is 0.161. The molecule has 0 aromatic carbocycles. The van der Waals surface area contributed by atoms with Crippen molar-refractivity contribution >= 4 is 31.3 Å². The number of rotatable bonds is 0. The van der Waals surface area contributed by atoms with Crippen LogP contribution in [0.5, 0.6) is 0 Å². The maximum Gasteiger partial charge on any atom is 4.00 e. The van der Waals surface area contributed by atoms with E-state index in [-0.39, 0.29) is 146 Å². The minimum Gasteiger partial charge on any atom is -0.822 e. The molecule has 0 aromatic rings. The van der Waals surface area contributed by atoms with Crippen LogP contribution in [0.25, 0.3) is 0 Å². The Labute approximate surface area is 250 Å². The molecule has 0 atom stereocenters. The molecule has 0 N–H and O–H groups in total. The van der Waals surface area contributed by atoms with E-state index in [2.05, 4.69) is 0 Å². The van der Waals surface area contributed by atoms with Crippen LogP contribution in [0, 0.1) is 0 Å². The first-order valence-corrected chi connectivity index (χ1v) is 8.76.